The molecule has 112 valence electrons. The topological polar surface area (TPSA) is 30.5 Å². The Kier molecular flexibility index (Phi) is 5.59. The average Bonchev–Trinajstić information content (AvgIpc) is 2.90. The molecule has 6 heteroatoms. The van der Waals surface area contributed by atoms with Gasteiger partial charge in [-0.25, -0.2) is 0 Å². The van der Waals surface area contributed by atoms with Gasteiger partial charge in [-0.05, 0) is 35.4 Å². The van der Waals surface area contributed by atoms with Gasteiger partial charge in [-0.15, -0.1) is 12.4 Å². The maximum absolute atomic E-state index is 5.98. The molecule has 0 spiro atoms. The van der Waals surface area contributed by atoms with Gasteiger partial charge in [-0.2, -0.15) is 0 Å². The summed E-state index contributed by atoms with van der Waals surface area (Å²) in [6, 6.07) is 11.6. The fourth-order valence-corrected chi connectivity index (χ4v) is 2.37. The van der Waals surface area contributed by atoms with Crippen molar-refractivity contribution in [2.45, 2.75) is 13.1 Å². The van der Waals surface area contributed by atoms with Gasteiger partial charge in [0.25, 0.3) is 0 Å². The summed E-state index contributed by atoms with van der Waals surface area (Å²) in [4.78, 5) is 0. The number of rotatable bonds is 4. The van der Waals surface area contributed by atoms with E-state index in [1.807, 2.05) is 36.4 Å². The molecule has 0 radical (unpaired) electrons. The summed E-state index contributed by atoms with van der Waals surface area (Å²) < 4.78 is 10.6. The summed E-state index contributed by atoms with van der Waals surface area (Å²) in [5.74, 6) is 1.61. The molecule has 0 bridgehead atoms. The molecule has 0 aliphatic carbocycles. The van der Waals surface area contributed by atoms with Crippen LogP contribution in [0.2, 0.25) is 10.0 Å². The minimum Gasteiger partial charge on any atom is -0.454 e. The standard InChI is InChI=1S/C15H13Cl2NO2.ClH/c16-12-3-1-10(5-13(12)17)7-18-8-11-2-4-14-15(6-11)20-9-19-14;/h1-6,18H,7-9H2;1H. The fraction of sp³-hybridized carbons (Fsp3) is 0.200. The highest BCUT2D eigenvalue weighted by Gasteiger charge is 2.12. The quantitative estimate of drug-likeness (QED) is 0.888. The summed E-state index contributed by atoms with van der Waals surface area (Å²) in [7, 11) is 0. The van der Waals surface area contributed by atoms with Crippen LogP contribution in [0.3, 0.4) is 0 Å². The molecule has 1 aliphatic rings. The van der Waals surface area contributed by atoms with Crippen molar-refractivity contribution in [2.24, 2.45) is 0 Å². The van der Waals surface area contributed by atoms with Crippen molar-refractivity contribution < 1.29 is 9.47 Å². The van der Waals surface area contributed by atoms with E-state index in [1.54, 1.807) is 0 Å². The van der Waals surface area contributed by atoms with Crippen LogP contribution in [0, 0.1) is 0 Å². The third kappa shape index (κ3) is 3.95. The fourth-order valence-electron chi connectivity index (χ4n) is 2.05. The first-order valence-corrected chi connectivity index (χ1v) is 7.01. The highest BCUT2D eigenvalue weighted by atomic mass is 35.5. The second kappa shape index (κ2) is 7.23. The second-order valence-electron chi connectivity index (χ2n) is 4.54. The lowest BCUT2D eigenvalue weighted by molar-refractivity contribution is 0.174. The second-order valence-corrected chi connectivity index (χ2v) is 5.35. The molecule has 1 heterocycles. The molecule has 2 aromatic rings. The number of benzene rings is 2. The van der Waals surface area contributed by atoms with Crippen molar-refractivity contribution in [3.05, 3.63) is 57.6 Å². The van der Waals surface area contributed by atoms with Gasteiger partial charge < -0.3 is 14.8 Å². The number of hydrogen-bond acceptors (Lipinski definition) is 3. The zero-order chi connectivity index (χ0) is 13.9. The minimum absolute atomic E-state index is 0. The Morgan fingerprint density at radius 2 is 1.52 bits per heavy atom. The SMILES string of the molecule is Cl.Clc1ccc(CNCc2ccc3c(c2)OCO3)cc1Cl. The minimum atomic E-state index is 0. The zero-order valence-corrected chi connectivity index (χ0v) is 13.4. The van der Waals surface area contributed by atoms with E-state index in [-0.39, 0.29) is 12.4 Å². The Labute approximate surface area is 139 Å². The van der Waals surface area contributed by atoms with Crippen LogP contribution in [0.15, 0.2) is 36.4 Å². The first-order chi connectivity index (χ1) is 9.72. The van der Waals surface area contributed by atoms with Crippen LogP contribution >= 0.6 is 35.6 Å². The van der Waals surface area contributed by atoms with Crippen LogP contribution in [0.5, 0.6) is 11.5 Å². The third-order valence-electron chi connectivity index (χ3n) is 3.08. The molecule has 0 fully saturated rings. The van der Waals surface area contributed by atoms with Gasteiger partial charge in [0.05, 0.1) is 10.0 Å². The lowest BCUT2D eigenvalue weighted by atomic mass is 10.2. The summed E-state index contributed by atoms with van der Waals surface area (Å²) in [6.45, 7) is 1.78. The van der Waals surface area contributed by atoms with E-state index in [2.05, 4.69) is 5.32 Å². The van der Waals surface area contributed by atoms with Crippen LogP contribution < -0.4 is 14.8 Å². The maximum atomic E-state index is 5.98. The van der Waals surface area contributed by atoms with E-state index in [0.29, 0.717) is 16.8 Å². The van der Waals surface area contributed by atoms with Crippen molar-refractivity contribution >= 4 is 35.6 Å². The van der Waals surface area contributed by atoms with Gasteiger partial charge in [0.1, 0.15) is 0 Å². The van der Waals surface area contributed by atoms with E-state index < -0.39 is 0 Å². The molecule has 0 unspecified atom stereocenters. The molecule has 0 saturated heterocycles. The highest BCUT2D eigenvalue weighted by Crippen LogP contribution is 2.32. The number of hydrogen-bond donors (Lipinski definition) is 1. The van der Waals surface area contributed by atoms with Crippen molar-refractivity contribution in [1.29, 1.82) is 0 Å². The van der Waals surface area contributed by atoms with Crippen molar-refractivity contribution in [3.8, 4) is 11.5 Å². The first kappa shape index (κ1) is 16.2. The Morgan fingerprint density at radius 1 is 0.857 bits per heavy atom. The van der Waals surface area contributed by atoms with Crippen LogP contribution in [0.4, 0.5) is 0 Å². The smallest absolute Gasteiger partial charge is 0.231 e. The predicted molar refractivity (Wildman–Crippen MR) is 86.8 cm³/mol. The van der Waals surface area contributed by atoms with E-state index >= 15 is 0 Å². The molecule has 2 aromatic carbocycles. The molecule has 0 atom stereocenters. The van der Waals surface area contributed by atoms with Gasteiger partial charge in [-0.1, -0.05) is 35.3 Å². The molecular weight excluding hydrogens is 333 g/mol. The molecule has 1 aliphatic heterocycles. The van der Waals surface area contributed by atoms with E-state index in [9.17, 15) is 0 Å². The molecule has 0 aromatic heterocycles. The Bertz CT molecular complexity index is 634. The number of halogens is 3. The predicted octanol–water partition coefficient (Wildman–Crippen LogP) is 4.43. The van der Waals surface area contributed by atoms with Crippen LogP contribution in [-0.2, 0) is 13.1 Å². The normalized spacial score (nSPS) is 12.1. The van der Waals surface area contributed by atoms with Gasteiger partial charge in [-0.3, -0.25) is 0 Å². The Balaban J connectivity index is 0.00000161. The summed E-state index contributed by atoms with van der Waals surface area (Å²) in [5, 5.41) is 4.51. The Hall–Kier alpha value is -1.13. The molecule has 0 amide bonds. The maximum Gasteiger partial charge on any atom is 0.231 e. The van der Waals surface area contributed by atoms with Crippen molar-refractivity contribution in [3.63, 3.8) is 0 Å². The zero-order valence-electron chi connectivity index (χ0n) is 11.1. The summed E-state index contributed by atoms with van der Waals surface area (Å²) in [5.41, 5.74) is 2.24. The number of nitrogens with one attached hydrogen (secondary N) is 1. The molecule has 21 heavy (non-hydrogen) atoms. The average molecular weight is 347 g/mol. The van der Waals surface area contributed by atoms with Gasteiger partial charge in [0.15, 0.2) is 11.5 Å². The van der Waals surface area contributed by atoms with Crippen LogP contribution in [0.25, 0.3) is 0 Å². The van der Waals surface area contributed by atoms with E-state index in [1.165, 1.54) is 0 Å². The Morgan fingerprint density at radius 3 is 2.29 bits per heavy atom. The van der Waals surface area contributed by atoms with Crippen LogP contribution in [0.1, 0.15) is 11.1 Å². The van der Waals surface area contributed by atoms with Crippen molar-refractivity contribution in [2.75, 3.05) is 6.79 Å². The molecule has 1 N–H and O–H groups in total. The van der Waals surface area contributed by atoms with Gasteiger partial charge in [0, 0.05) is 13.1 Å². The first-order valence-electron chi connectivity index (χ1n) is 6.25. The lowest BCUT2D eigenvalue weighted by Crippen LogP contribution is -2.12. The van der Waals surface area contributed by atoms with Gasteiger partial charge in [0.2, 0.25) is 6.79 Å². The highest BCUT2D eigenvalue weighted by molar-refractivity contribution is 6.42. The molecule has 3 rings (SSSR count). The molecule has 3 nitrogen and oxygen atoms in total. The largest absolute Gasteiger partial charge is 0.454 e. The third-order valence-corrected chi connectivity index (χ3v) is 3.82. The lowest BCUT2D eigenvalue weighted by Gasteiger charge is -2.07. The number of ether oxygens (including phenoxy) is 2. The number of fused-ring (bicyclic) bond motifs is 1. The molecule has 0 saturated carbocycles. The summed E-state index contributed by atoms with van der Waals surface area (Å²) in [6.07, 6.45) is 0. The van der Waals surface area contributed by atoms with E-state index in [4.69, 9.17) is 32.7 Å². The van der Waals surface area contributed by atoms with Crippen molar-refractivity contribution in [1.82, 2.24) is 5.32 Å². The van der Waals surface area contributed by atoms with Crippen LogP contribution in [-0.4, -0.2) is 6.79 Å². The molecular formula is C15H14Cl3NO2. The van der Waals surface area contributed by atoms with Gasteiger partial charge >= 0.3 is 0 Å². The summed E-state index contributed by atoms with van der Waals surface area (Å²) >= 11 is 11.9. The monoisotopic (exact) mass is 345 g/mol. The van der Waals surface area contributed by atoms with E-state index in [0.717, 1.165) is 35.7 Å².